The Morgan fingerprint density at radius 1 is 1.25 bits per heavy atom. The van der Waals surface area contributed by atoms with Crippen LogP contribution >= 0.6 is 26.5 Å². The highest BCUT2D eigenvalue weighted by atomic mass is 32.1. The van der Waals surface area contributed by atoms with Crippen LogP contribution in [0.5, 0.6) is 0 Å². The van der Waals surface area contributed by atoms with Crippen molar-refractivity contribution in [3.05, 3.63) is 16.6 Å². The molecule has 0 fully saturated rings. The van der Waals surface area contributed by atoms with E-state index in [0.717, 1.165) is 0 Å². The van der Waals surface area contributed by atoms with E-state index in [0.29, 0.717) is 5.01 Å². The zero-order valence-electron chi connectivity index (χ0n) is 8.00. The summed E-state index contributed by atoms with van der Waals surface area (Å²) in [6.45, 7) is 0. The molecule has 0 aliphatic rings. The van der Waals surface area contributed by atoms with Crippen LogP contribution in [0, 0.1) is 0 Å². The van der Waals surface area contributed by atoms with Gasteiger partial charge in [-0.1, -0.05) is 0 Å². The quantitative estimate of drug-likeness (QED) is 0.588. The Balaban J connectivity index is 2.74. The van der Waals surface area contributed by atoms with Crippen LogP contribution < -0.4 is 0 Å². The summed E-state index contributed by atoms with van der Waals surface area (Å²) in [4.78, 5) is 39.2. The number of nitrogens with zero attached hydrogens (tertiary/aromatic N) is 1. The van der Waals surface area contributed by atoms with Gasteiger partial charge in [-0.15, -0.1) is 11.3 Å². The number of hydrogen-bond acceptors (Lipinski definition) is 4. The standard InChI is InChI=1S/C6H11NO6P2S/c8-14(9,10)6(15(11,12)13)2-1-5-7-3-4-16-5/h3-4,6H,1-2H2,(H2,8,9,10)(H2,11,12,13). The fraction of sp³-hybridized carbons (Fsp3) is 0.500. The van der Waals surface area contributed by atoms with Gasteiger partial charge in [-0.3, -0.25) is 9.13 Å². The molecular formula is C6H11NO6P2S. The Morgan fingerprint density at radius 2 is 1.81 bits per heavy atom. The second-order valence-electron chi connectivity index (χ2n) is 3.12. The van der Waals surface area contributed by atoms with Gasteiger partial charge in [-0.05, 0) is 6.42 Å². The lowest BCUT2D eigenvalue weighted by atomic mass is 10.3. The van der Waals surface area contributed by atoms with Gasteiger partial charge < -0.3 is 19.6 Å². The van der Waals surface area contributed by atoms with Crippen molar-refractivity contribution >= 4 is 26.5 Å². The van der Waals surface area contributed by atoms with Crippen molar-refractivity contribution in [3.63, 3.8) is 0 Å². The van der Waals surface area contributed by atoms with E-state index in [1.165, 1.54) is 17.5 Å². The molecule has 0 bridgehead atoms. The van der Waals surface area contributed by atoms with Gasteiger partial charge in [0.2, 0.25) is 0 Å². The van der Waals surface area contributed by atoms with Crippen molar-refractivity contribution in [1.82, 2.24) is 4.98 Å². The van der Waals surface area contributed by atoms with Crippen molar-refractivity contribution < 1.29 is 28.7 Å². The van der Waals surface area contributed by atoms with Gasteiger partial charge in [0, 0.05) is 18.0 Å². The molecule has 16 heavy (non-hydrogen) atoms. The molecule has 1 heterocycles. The Kier molecular flexibility index (Phi) is 4.42. The molecule has 0 aliphatic heterocycles. The molecule has 0 saturated carbocycles. The summed E-state index contributed by atoms with van der Waals surface area (Å²) >= 11 is 1.27. The molecule has 0 atom stereocenters. The molecule has 0 unspecified atom stereocenters. The zero-order valence-corrected chi connectivity index (χ0v) is 10.6. The number of aromatic nitrogens is 1. The monoisotopic (exact) mass is 287 g/mol. The third-order valence-electron chi connectivity index (χ3n) is 1.88. The summed E-state index contributed by atoms with van der Waals surface area (Å²) in [7, 11) is -9.60. The molecule has 0 spiro atoms. The van der Waals surface area contributed by atoms with Crippen LogP contribution in [0.25, 0.3) is 0 Å². The molecule has 1 rings (SSSR count). The first-order chi connectivity index (χ1) is 7.21. The molecular weight excluding hydrogens is 276 g/mol. The maximum Gasteiger partial charge on any atom is 0.340 e. The fourth-order valence-electron chi connectivity index (χ4n) is 1.16. The molecule has 0 aliphatic carbocycles. The average Bonchev–Trinajstić information content (AvgIpc) is 2.51. The van der Waals surface area contributed by atoms with E-state index >= 15 is 0 Å². The fourth-order valence-corrected chi connectivity index (χ4v) is 4.30. The molecule has 0 saturated heterocycles. The maximum atomic E-state index is 10.9. The second kappa shape index (κ2) is 5.06. The van der Waals surface area contributed by atoms with Crippen LogP contribution in [0.15, 0.2) is 11.6 Å². The number of thiazole rings is 1. The topological polar surface area (TPSA) is 128 Å². The van der Waals surface area contributed by atoms with E-state index < -0.39 is 20.6 Å². The molecule has 0 aromatic carbocycles. The molecule has 10 heteroatoms. The number of rotatable bonds is 5. The summed E-state index contributed by atoms with van der Waals surface area (Å²) in [5.41, 5.74) is 0. The highest BCUT2D eigenvalue weighted by Crippen LogP contribution is 2.61. The van der Waals surface area contributed by atoms with E-state index in [-0.39, 0.29) is 12.8 Å². The molecule has 0 radical (unpaired) electrons. The molecule has 1 aromatic heterocycles. The predicted octanol–water partition coefficient (Wildman–Crippen LogP) is 0.757. The minimum Gasteiger partial charge on any atom is -0.324 e. The minimum atomic E-state index is -4.80. The predicted molar refractivity (Wildman–Crippen MR) is 58.3 cm³/mol. The molecule has 1 aromatic rings. The SMILES string of the molecule is O=P(O)(O)C(CCc1nccs1)P(=O)(O)O. The van der Waals surface area contributed by atoms with E-state index in [1.54, 1.807) is 5.38 Å². The van der Waals surface area contributed by atoms with Crippen LogP contribution in [0.1, 0.15) is 11.4 Å². The molecule has 4 N–H and O–H groups in total. The van der Waals surface area contributed by atoms with Crippen LogP contribution in [0.3, 0.4) is 0 Å². The molecule has 0 amide bonds. The normalized spacial score (nSPS) is 13.3. The largest absolute Gasteiger partial charge is 0.340 e. The Hall–Kier alpha value is -0.0700. The summed E-state index contributed by atoms with van der Waals surface area (Å²) in [6, 6.07) is 0. The van der Waals surface area contributed by atoms with Gasteiger partial charge in [0.15, 0.2) is 5.40 Å². The van der Waals surface area contributed by atoms with Gasteiger partial charge in [0.05, 0.1) is 5.01 Å². The van der Waals surface area contributed by atoms with Crippen LogP contribution in [0.2, 0.25) is 0 Å². The van der Waals surface area contributed by atoms with E-state index in [2.05, 4.69) is 4.98 Å². The third-order valence-corrected chi connectivity index (χ3v) is 6.59. The average molecular weight is 287 g/mol. The van der Waals surface area contributed by atoms with Gasteiger partial charge in [-0.2, -0.15) is 0 Å². The first-order valence-electron chi connectivity index (χ1n) is 4.20. The zero-order chi connectivity index (χ0) is 12.4. The first-order valence-corrected chi connectivity index (χ1v) is 8.44. The lowest BCUT2D eigenvalue weighted by Crippen LogP contribution is -2.10. The summed E-state index contributed by atoms with van der Waals surface area (Å²) < 4.78 is 21.8. The lowest BCUT2D eigenvalue weighted by Gasteiger charge is -2.18. The smallest absolute Gasteiger partial charge is 0.324 e. The summed E-state index contributed by atoms with van der Waals surface area (Å²) in [5, 5.41) is 0.329. The van der Waals surface area contributed by atoms with E-state index in [1.807, 2.05) is 0 Å². The van der Waals surface area contributed by atoms with Crippen molar-refractivity contribution in [3.8, 4) is 0 Å². The van der Waals surface area contributed by atoms with Gasteiger partial charge in [0.1, 0.15) is 0 Å². The van der Waals surface area contributed by atoms with Crippen LogP contribution in [-0.2, 0) is 15.6 Å². The number of hydrogen-bond donors (Lipinski definition) is 4. The Labute approximate surface area is 95.5 Å². The highest BCUT2D eigenvalue weighted by Gasteiger charge is 2.42. The summed E-state index contributed by atoms with van der Waals surface area (Å²) in [5.74, 6) is 0. The van der Waals surface area contributed by atoms with Gasteiger partial charge >= 0.3 is 15.2 Å². The van der Waals surface area contributed by atoms with Crippen LogP contribution in [-0.4, -0.2) is 30.0 Å². The minimum absolute atomic E-state index is 0.137. The van der Waals surface area contributed by atoms with Crippen molar-refractivity contribution in [2.24, 2.45) is 0 Å². The Morgan fingerprint density at radius 3 is 2.19 bits per heavy atom. The summed E-state index contributed by atoms with van der Waals surface area (Å²) in [6.07, 6.45) is 1.37. The van der Waals surface area contributed by atoms with Crippen molar-refractivity contribution in [2.45, 2.75) is 18.2 Å². The van der Waals surface area contributed by atoms with E-state index in [4.69, 9.17) is 19.6 Å². The maximum absolute atomic E-state index is 10.9. The number of aryl methyl sites for hydroxylation is 1. The third kappa shape index (κ3) is 4.07. The van der Waals surface area contributed by atoms with Crippen molar-refractivity contribution in [1.29, 1.82) is 0 Å². The lowest BCUT2D eigenvalue weighted by molar-refractivity contribution is 0.335. The first kappa shape index (κ1) is 14.0. The van der Waals surface area contributed by atoms with Crippen molar-refractivity contribution in [2.75, 3.05) is 0 Å². The molecule has 7 nitrogen and oxygen atoms in total. The Bertz CT molecular complexity index is 400. The second-order valence-corrected chi connectivity index (χ2v) is 8.11. The van der Waals surface area contributed by atoms with Gasteiger partial charge in [0.25, 0.3) is 0 Å². The van der Waals surface area contributed by atoms with Gasteiger partial charge in [-0.25, -0.2) is 4.98 Å². The highest BCUT2D eigenvalue weighted by molar-refractivity contribution is 7.70. The van der Waals surface area contributed by atoms with Crippen LogP contribution in [0.4, 0.5) is 0 Å². The van der Waals surface area contributed by atoms with E-state index in [9.17, 15) is 9.13 Å². The molecule has 92 valence electrons.